The van der Waals surface area contributed by atoms with E-state index in [4.69, 9.17) is 6.58 Å². The first kappa shape index (κ1) is 27.6. The monoisotopic (exact) mass is 516 g/mol. The fourth-order valence-electron chi connectivity index (χ4n) is 11.4. The van der Waals surface area contributed by atoms with Crippen molar-refractivity contribution in [1.29, 1.82) is 10.5 Å². The summed E-state index contributed by atoms with van der Waals surface area (Å²) >= 11 is 0. The Balaban J connectivity index is 1.64. The van der Waals surface area contributed by atoms with Gasteiger partial charge in [0.15, 0.2) is 5.78 Å². The molecule has 5 aliphatic rings. The average Bonchev–Trinajstić information content (AvgIpc) is 2.82. The summed E-state index contributed by atoms with van der Waals surface area (Å²) in [5.41, 5.74) is 0.890. The van der Waals surface area contributed by atoms with Gasteiger partial charge in [0.05, 0.1) is 24.2 Å². The number of allylic oxidation sites excluding steroid dienone is 3. The fourth-order valence-corrected chi connectivity index (χ4v) is 11.4. The van der Waals surface area contributed by atoms with Gasteiger partial charge in [0, 0.05) is 10.8 Å². The van der Waals surface area contributed by atoms with Crippen molar-refractivity contribution in [3.63, 3.8) is 0 Å². The molecule has 0 heterocycles. The molecule has 9 atom stereocenters. The number of hydrogen-bond acceptors (Lipinski definition) is 4. The highest BCUT2D eigenvalue weighted by molar-refractivity contribution is 6.04. The van der Waals surface area contributed by atoms with Crippen LogP contribution in [0.5, 0.6) is 0 Å². The predicted octanol–water partition coefficient (Wildman–Crippen LogP) is 7.55. The summed E-state index contributed by atoms with van der Waals surface area (Å²) in [6, 6.07) is 4.55. The van der Waals surface area contributed by atoms with Crippen molar-refractivity contribution in [2.75, 3.05) is 0 Å². The van der Waals surface area contributed by atoms with Crippen LogP contribution < -0.4 is 0 Å². The lowest BCUT2D eigenvalue weighted by atomic mass is 9.31. The van der Waals surface area contributed by atoms with Crippen LogP contribution in [0.1, 0.15) is 106 Å². The smallest absolute Gasteiger partial charge is 0.178 e. The normalized spacial score (nSPS) is 47.7. The zero-order valence-corrected chi connectivity index (χ0v) is 24.8. The molecule has 5 aliphatic carbocycles. The maximum Gasteiger partial charge on any atom is 0.178 e. The highest BCUT2D eigenvalue weighted by Crippen LogP contribution is 2.77. The van der Waals surface area contributed by atoms with Gasteiger partial charge in [-0.3, -0.25) is 4.79 Å². The van der Waals surface area contributed by atoms with Crippen molar-refractivity contribution in [3.05, 3.63) is 23.8 Å². The number of hydrogen-bond donors (Lipinski definition) is 1. The van der Waals surface area contributed by atoms with Crippen LogP contribution >= 0.6 is 0 Å². The lowest BCUT2D eigenvalue weighted by Crippen LogP contribution is -2.67. The van der Waals surface area contributed by atoms with Gasteiger partial charge in [0.2, 0.25) is 0 Å². The van der Waals surface area contributed by atoms with Crippen molar-refractivity contribution in [2.24, 2.45) is 56.2 Å². The molecule has 0 aromatic carbocycles. The third-order valence-corrected chi connectivity index (χ3v) is 13.6. The Labute approximate surface area is 230 Å². The Kier molecular flexibility index (Phi) is 6.04. The van der Waals surface area contributed by atoms with Gasteiger partial charge in [-0.2, -0.15) is 10.5 Å². The number of Topliss-reactive ketones (excluding diaryl/α,β-unsaturated/α-hetero) is 1. The number of aliphatic hydroxyl groups is 1. The Morgan fingerprint density at radius 2 is 1.66 bits per heavy atom. The second-order valence-electron chi connectivity index (χ2n) is 16.0. The van der Waals surface area contributed by atoms with Gasteiger partial charge in [0.1, 0.15) is 6.07 Å². The minimum atomic E-state index is -0.587. The van der Waals surface area contributed by atoms with E-state index in [1.165, 1.54) is 5.57 Å². The zero-order valence-electron chi connectivity index (χ0n) is 24.8. The number of ketones is 1. The SMILES string of the molecule is C=C1C[C@@H]2[C@@]3(C)C=C(C#N)C(=O)C(C)(C)[C@@H]3CC[C@@]2(C)[C@]2(C)CC[C@@]3(C(O)CC#N)CCC(C)(C)CC3C12. The summed E-state index contributed by atoms with van der Waals surface area (Å²) in [6.07, 6.45) is 9.79. The van der Waals surface area contributed by atoms with Crippen molar-refractivity contribution in [2.45, 2.75) is 112 Å². The molecule has 4 nitrogen and oxygen atoms in total. The molecule has 5 rings (SSSR count). The van der Waals surface area contributed by atoms with Crippen molar-refractivity contribution < 1.29 is 9.90 Å². The molecule has 38 heavy (non-hydrogen) atoms. The number of fused-ring (bicyclic) bond motifs is 7. The Morgan fingerprint density at radius 3 is 2.29 bits per heavy atom. The van der Waals surface area contributed by atoms with Crippen LogP contribution in [0, 0.1) is 78.8 Å². The molecule has 0 spiro atoms. The molecule has 1 N–H and O–H groups in total. The lowest BCUT2D eigenvalue weighted by molar-refractivity contribution is -0.225. The van der Waals surface area contributed by atoms with E-state index in [1.807, 2.05) is 0 Å². The number of carbonyl (C=O) groups is 1. The van der Waals surface area contributed by atoms with Crippen LogP contribution in [0.15, 0.2) is 23.8 Å². The largest absolute Gasteiger partial charge is 0.391 e. The third kappa shape index (κ3) is 3.32. The molecule has 4 heteroatoms. The van der Waals surface area contributed by atoms with Gasteiger partial charge in [-0.25, -0.2) is 0 Å². The van der Waals surface area contributed by atoms with Crippen LogP contribution in [0.3, 0.4) is 0 Å². The highest BCUT2D eigenvalue weighted by atomic mass is 16.3. The van der Waals surface area contributed by atoms with Crippen LogP contribution in [-0.2, 0) is 4.79 Å². The number of aliphatic hydroxyl groups excluding tert-OH is 1. The first-order valence-electron chi connectivity index (χ1n) is 14.9. The Hall–Kier alpha value is -1.91. The third-order valence-electron chi connectivity index (χ3n) is 13.6. The summed E-state index contributed by atoms with van der Waals surface area (Å²) in [6.45, 7) is 21.0. The van der Waals surface area contributed by atoms with Gasteiger partial charge in [-0.05, 0) is 96.7 Å². The predicted molar refractivity (Wildman–Crippen MR) is 149 cm³/mol. The van der Waals surface area contributed by atoms with Gasteiger partial charge < -0.3 is 5.11 Å². The number of nitriles is 2. The molecule has 0 aromatic rings. The molecule has 206 valence electrons. The fraction of sp³-hybridized carbons (Fsp3) is 0.794. The first-order valence-corrected chi connectivity index (χ1v) is 14.9. The van der Waals surface area contributed by atoms with E-state index >= 15 is 0 Å². The summed E-state index contributed by atoms with van der Waals surface area (Å²) < 4.78 is 0. The van der Waals surface area contributed by atoms with Crippen LogP contribution in [0.4, 0.5) is 0 Å². The van der Waals surface area contributed by atoms with Gasteiger partial charge in [-0.1, -0.05) is 66.7 Å². The van der Waals surface area contributed by atoms with Gasteiger partial charge in [-0.15, -0.1) is 0 Å². The molecular weight excluding hydrogens is 468 g/mol. The minimum absolute atomic E-state index is 0.00293. The van der Waals surface area contributed by atoms with Crippen molar-refractivity contribution >= 4 is 5.78 Å². The molecule has 0 amide bonds. The molecule has 0 bridgehead atoms. The second kappa shape index (κ2) is 8.30. The summed E-state index contributed by atoms with van der Waals surface area (Å²) in [5, 5.41) is 31.0. The van der Waals surface area contributed by atoms with Crippen LogP contribution in [0.2, 0.25) is 0 Å². The van der Waals surface area contributed by atoms with Gasteiger partial charge >= 0.3 is 0 Å². The maximum absolute atomic E-state index is 13.3. The van der Waals surface area contributed by atoms with Crippen molar-refractivity contribution in [1.82, 2.24) is 0 Å². The van der Waals surface area contributed by atoms with E-state index in [-0.39, 0.29) is 45.2 Å². The van der Waals surface area contributed by atoms with E-state index < -0.39 is 11.5 Å². The Morgan fingerprint density at radius 1 is 1.00 bits per heavy atom. The quantitative estimate of drug-likeness (QED) is 0.384. The summed E-state index contributed by atoms with van der Waals surface area (Å²) in [4.78, 5) is 13.3. The first-order chi connectivity index (χ1) is 17.5. The second-order valence-corrected chi connectivity index (χ2v) is 16.0. The van der Waals surface area contributed by atoms with Gasteiger partial charge in [0.25, 0.3) is 0 Å². The number of carbonyl (C=O) groups excluding carboxylic acids is 1. The van der Waals surface area contributed by atoms with E-state index in [9.17, 15) is 20.4 Å². The highest BCUT2D eigenvalue weighted by Gasteiger charge is 2.71. The number of rotatable bonds is 2. The topological polar surface area (TPSA) is 84.9 Å². The van der Waals surface area contributed by atoms with E-state index in [1.54, 1.807) is 0 Å². The van der Waals surface area contributed by atoms with E-state index in [0.717, 1.165) is 51.4 Å². The minimum Gasteiger partial charge on any atom is -0.391 e. The molecule has 0 radical (unpaired) electrons. The lowest BCUT2D eigenvalue weighted by Gasteiger charge is -2.73. The van der Waals surface area contributed by atoms with Crippen LogP contribution in [-0.4, -0.2) is 17.0 Å². The van der Waals surface area contributed by atoms with E-state index in [0.29, 0.717) is 23.3 Å². The van der Waals surface area contributed by atoms with Crippen molar-refractivity contribution in [3.8, 4) is 12.1 Å². The summed E-state index contributed by atoms with van der Waals surface area (Å²) in [5.74, 6) is 1.15. The molecule has 4 saturated carbocycles. The molecule has 0 aromatic heterocycles. The molecule has 0 saturated heterocycles. The molecular formula is C34H48N2O2. The molecule has 0 aliphatic heterocycles. The standard InChI is InChI=1S/C34H48N2O2/c1-21-17-25-31(6)18-22(20-36)28(38)30(4,5)24(31)9-11-32(25,7)33(8)13-15-34(26(37)10-16-35)14-12-29(2,3)19-23(34)27(21)33/h18,23-27,37H,1,9-15,17,19H2,2-8H3/t23?,24-,25+,26?,27?,31-,32+,33+,34-/m0/s1. The molecule has 3 unspecified atom stereocenters. The number of nitrogens with zero attached hydrogens (tertiary/aromatic N) is 2. The average molecular weight is 517 g/mol. The van der Waals surface area contributed by atoms with Crippen LogP contribution in [0.25, 0.3) is 0 Å². The molecule has 4 fully saturated rings. The maximum atomic E-state index is 13.3. The Bertz CT molecular complexity index is 1180. The zero-order chi connectivity index (χ0) is 28.1. The van der Waals surface area contributed by atoms with E-state index in [2.05, 4.69) is 66.7 Å². The summed E-state index contributed by atoms with van der Waals surface area (Å²) in [7, 11) is 0.